The molecule has 12 heavy (non-hydrogen) atoms. The predicted octanol–water partition coefficient (Wildman–Crippen LogP) is 0.825. The Balaban J connectivity index is 2.92. The smallest absolute Gasteiger partial charge is 0.107 e. The highest BCUT2D eigenvalue weighted by atomic mass is 16.4. The highest BCUT2D eigenvalue weighted by Crippen LogP contribution is 2.21. The van der Waals surface area contributed by atoms with Crippen LogP contribution in [-0.4, -0.2) is 27.7 Å². The van der Waals surface area contributed by atoms with Gasteiger partial charge in [-0.05, 0) is 12.5 Å². The van der Waals surface area contributed by atoms with Gasteiger partial charge in [-0.3, -0.25) is 0 Å². The number of oxime groups is 1. The van der Waals surface area contributed by atoms with Gasteiger partial charge in [0.2, 0.25) is 0 Å². The summed E-state index contributed by atoms with van der Waals surface area (Å²) >= 11 is 0. The Morgan fingerprint density at radius 3 is 2.83 bits per heavy atom. The molecule has 1 rings (SSSR count). The standard InChI is InChI=1S/C8H11NO3/c1-5-2-3-7(10)6(4-9-12)8(5)11/h2-4,6-7,10-12H,1H3/b9-4+. The van der Waals surface area contributed by atoms with E-state index < -0.39 is 12.0 Å². The van der Waals surface area contributed by atoms with Crippen LogP contribution >= 0.6 is 0 Å². The molecular weight excluding hydrogens is 158 g/mol. The maximum atomic E-state index is 9.40. The zero-order valence-corrected chi connectivity index (χ0v) is 6.68. The lowest BCUT2D eigenvalue weighted by molar-refractivity contribution is 0.169. The SMILES string of the molecule is CC1=C(O)C(/C=N/O)C(O)C=C1. The van der Waals surface area contributed by atoms with Crippen molar-refractivity contribution >= 4 is 6.21 Å². The number of aliphatic hydroxyl groups is 2. The zero-order valence-electron chi connectivity index (χ0n) is 6.68. The Kier molecular flexibility index (Phi) is 2.50. The highest BCUT2D eigenvalue weighted by Gasteiger charge is 2.23. The quantitative estimate of drug-likeness (QED) is 0.309. The lowest BCUT2D eigenvalue weighted by Gasteiger charge is -2.20. The van der Waals surface area contributed by atoms with Crippen molar-refractivity contribution in [1.82, 2.24) is 0 Å². The van der Waals surface area contributed by atoms with Gasteiger partial charge in [0.25, 0.3) is 0 Å². The minimum atomic E-state index is -0.815. The summed E-state index contributed by atoms with van der Waals surface area (Å²) in [5, 5.41) is 29.7. The average molecular weight is 169 g/mol. The Labute approximate surface area is 70.1 Å². The summed E-state index contributed by atoms with van der Waals surface area (Å²) in [7, 11) is 0. The fourth-order valence-corrected chi connectivity index (χ4v) is 1.10. The minimum Gasteiger partial charge on any atom is -0.511 e. The molecule has 0 fully saturated rings. The van der Waals surface area contributed by atoms with Crippen molar-refractivity contribution in [2.75, 3.05) is 0 Å². The van der Waals surface area contributed by atoms with E-state index in [0.29, 0.717) is 5.57 Å². The molecule has 3 N–H and O–H groups in total. The molecule has 0 saturated heterocycles. The van der Waals surface area contributed by atoms with Crippen LogP contribution in [0.2, 0.25) is 0 Å². The average Bonchev–Trinajstić information content (AvgIpc) is 2.06. The Hall–Kier alpha value is -1.29. The van der Waals surface area contributed by atoms with Crippen molar-refractivity contribution in [3.8, 4) is 0 Å². The van der Waals surface area contributed by atoms with Gasteiger partial charge < -0.3 is 15.4 Å². The molecule has 0 spiro atoms. The largest absolute Gasteiger partial charge is 0.511 e. The van der Waals surface area contributed by atoms with E-state index in [1.165, 1.54) is 0 Å². The van der Waals surface area contributed by atoms with Gasteiger partial charge in [-0.25, -0.2) is 0 Å². The molecule has 1 aliphatic rings. The van der Waals surface area contributed by atoms with Crippen LogP contribution < -0.4 is 0 Å². The van der Waals surface area contributed by atoms with E-state index in [1.54, 1.807) is 19.1 Å². The first-order valence-electron chi connectivity index (χ1n) is 3.60. The molecule has 0 amide bonds. The number of aliphatic hydroxyl groups excluding tert-OH is 2. The second kappa shape index (κ2) is 3.40. The molecule has 0 aromatic heterocycles. The minimum absolute atomic E-state index is 0.0443. The first-order valence-corrected chi connectivity index (χ1v) is 3.60. The second-order valence-electron chi connectivity index (χ2n) is 2.71. The molecule has 0 radical (unpaired) electrons. The summed E-state index contributed by atoms with van der Waals surface area (Å²) in [5.41, 5.74) is 0.671. The van der Waals surface area contributed by atoms with Crippen molar-refractivity contribution in [3.63, 3.8) is 0 Å². The summed E-state index contributed by atoms with van der Waals surface area (Å²) in [6.45, 7) is 1.72. The third-order valence-electron chi connectivity index (χ3n) is 1.86. The molecule has 1 aliphatic carbocycles. The van der Waals surface area contributed by atoms with Gasteiger partial charge >= 0.3 is 0 Å². The van der Waals surface area contributed by atoms with Gasteiger partial charge in [0.05, 0.1) is 18.2 Å². The van der Waals surface area contributed by atoms with Crippen LogP contribution in [-0.2, 0) is 0 Å². The maximum Gasteiger partial charge on any atom is 0.107 e. The van der Waals surface area contributed by atoms with Gasteiger partial charge in [0.1, 0.15) is 5.76 Å². The van der Waals surface area contributed by atoms with Crippen LogP contribution in [0.5, 0.6) is 0 Å². The van der Waals surface area contributed by atoms with Crippen molar-refractivity contribution in [2.24, 2.45) is 11.1 Å². The van der Waals surface area contributed by atoms with Crippen LogP contribution in [0.25, 0.3) is 0 Å². The van der Waals surface area contributed by atoms with Gasteiger partial charge in [-0.2, -0.15) is 0 Å². The third kappa shape index (κ3) is 1.48. The van der Waals surface area contributed by atoms with E-state index in [1.807, 2.05) is 0 Å². The summed E-state index contributed by atoms with van der Waals surface area (Å²) in [4.78, 5) is 0. The molecule has 4 nitrogen and oxygen atoms in total. The van der Waals surface area contributed by atoms with Crippen molar-refractivity contribution in [1.29, 1.82) is 0 Å². The Morgan fingerprint density at radius 2 is 2.25 bits per heavy atom. The maximum absolute atomic E-state index is 9.40. The Bertz CT molecular complexity index is 255. The van der Waals surface area contributed by atoms with Crippen LogP contribution in [0, 0.1) is 5.92 Å². The summed E-state index contributed by atoms with van der Waals surface area (Å²) < 4.78 is 0. The summed E-state index contributed by atoms with van der Waals surface area (Å²) in [6.07, 6.45) is 3.46. The number of hydrogen-bond acceptors (Lipinski definition) is 4. The van der Waals surface area contributed by atoms with E-state index in [9.17, 15) is 10.2 Å². The lowest BCUT2D eigenvalue weighted by atomic mass is 9.93. The van der Waals surface area contributed by atoms with Crippen LogP contribution in [0.4, 0.5) is 0 Å². The molecule has 0 aromatic carbocycles. The first kappa shape index (κ1) is 8.80. The number of allylic oxidation sites excluding steroid dienone is 2. The molecule has 0 heterocycles. The van der Waals surface area contributed by atoms with Crippen molar-refractivity contribution in [2.45, 2.75) is 13.0 Å². The zero-order chi connectivity index (χ0) is 9.14. The lowest BCUT2D eigenvalue weighted by Crippen LogP contribution is -2.24. The molecule has 0 bridgehead atoms. The molecular formula is C8H11NO3. The molecule has 0 aromatic rings. The van der Waals surface area contributed by atoms with Crippen LogP contribution in [0.1, 0.15) is 6.92 Å². The number of hydrogen-bond donors (Lipinski definition) is 3. The summed E-state index contributed by atoms with van der Waals surface area (Å²) in [6, 6.07) is 0. The molecule has 2 atom stereocenters. The highest BCUT2D eigenvalue weighted by molar-refractivity contribution is 5.66. The van der Waals surface area contributed by atoms with E-state index in [-0.39, 0.29) is 5.76 Å². The van der Waals surface area contributed by atoms with Gasteiger partial charge in [-0.1, -0.05) is 12.2 Å². The second-order valence-corrected chi connectivity index (χ2v) is 2.71. The van der Waals surface area contributed by atoms with E-state index in [4.69, 9.17) is 5.21 Å². The molecule has 4 heteroatoms. The van der Waals surface area contributed by atoms with Crippen molar-refractivity contribution in [3.05, 3.63) is 23.5 Å². The predicted molar refractivity (Wildman–Crippen MR) is 44.2 cm³/mol. The van der Waals surface area contributed by atoms with Gasteiger partial charge in [0, 0.05) is 0 Å². The normalized spacial score (nSPS) is 30.2. The van der Waals surface area contributed by atoms with Crippen LogP contribution in [0.3, 0.4) is 0 Å². The van der Waals surface area contributed by atoms with Gasteiger partial charge in [-0.15, -0.1) is 5.16 Å². The fraction of sp³-hybridized carbons (Fsp3) is 0.375. The number of rotatable bonds is 1. The molecule has 2 unspecified atom stereocenters. The van der Waals surface area contributed by atoms with E-state index in [2.05, 4.69) is 5.16 Å². The van der Waals surface area contributed by atoms with Crippen LogP contribution in [0.15, 0.2) is 28.6 Å². The van der Waals surface area contributed by atoms with E-state index >= 15 is 0 Å². The topological polar surface area (TPSA) is 73.1 Å². The first-order chi connectivity index (χ1) is 5.66. The number of nitrogens with zero attached hydrogens (tertiary/aromatic N) is 1. The van der Waals surface area contributed by atoms with Gasteiger partial charge in [0.15, 0.2) is 0 Å². The van der Waals surface area contributed by atoms with E-state index in [0.717, 1.165) is 6.21 Å². The van der Waals surface area contributed by atoms with Crippen molar-refractivity contribution < 1.29 is 15.4 Å². The third-order valence-corrected chi connectivity index (χ3v) is 1.86. The molecule has 0 aliphatic heterocycles. The molecule has 66 valence electrons. The molecule has 0 saturated carbocycles. The summed E-state index contributed by atoms with van der Waals surface area (Å²) in [5.74, 6) is -0.581. The Morgan fingerprint density at radius 1 is 1.58 bits per heavy atom. The fourth-order valence-electron chi connectivity index (χ4n) is 1.10. The monoisotopic (exact) mass is 169 g/mol.